The van der Waals surface area contributed by atoms with Crippen molar-refractivity contribution in [2.45, 2.75) is 32.2 Å². The molecule has 86 valence electrons. The molecule has 0 aromatic rings. The van der Waals surface area contributed by atoms with Gasteiger partial charge in [-0.3, -0.25) is 9.59 Å². The molecule has 1 rings (SSSR count). The number of esters is 1. The molecule has 0 atom stereocenters. The first-order valence-corrected chi connectivity index (χ1v) is 5.34. The van der Waals surface area contributed by atoms with Crippen LogP contribution in [0.3, 0.4) is 0 Å². The summed E-state index contributed by atoms with van der Waals surface area (Å²) in [5, 5.41) is 0. The van der Waals surface area contributed by atoms with Crippen molar-refractivity contribution in [1.82, 2.24) is 4.90 Å². The number of hydrogen-bond acceptors (Lipinski definition) is 4. The smallest absolute Gasteiger partial charge is 0.325 e. The molecule has 1 aliphatic rings. The van der Waals surface area contributed by atoms with Gasteiger partial charge in [0.15, 0.2) is 0 Å². The lowest BCUT2D eigenvalue weighted by Crippen LogP contribution is -2.49. The summed E-state index contributed by atoms with van der Waals surface area (Å²) in [7, 11) is 0. The second-order valence-electron chi connectivity index (χ2n) is 3.62. The standard InChI is InChI=1S/C10H18N2O3/c1-2-15-10(14)7-12(9(13)6-11)8-4-3-5-8/h8H,2-7,11H2,1H3. The van der Waals surface area contributed by atoms with Gasteiger partial charge in [0.25, 0.3) is 0 Å². The molecule has 0 heterocycles. The molecule has 0 aromatic heterocycles. The highest BCUT2D eigenvalue weighted by molar-refractivity contribution is 5.83. The quantitative estimate of drug-likeness (QED) is 0.648. The van der Waals surface area contributed by atoms with Crippen LogP contribution in [-0.2, 0) is 14.3 Å². The van der Waals surface area contributed by atoms with Crippen molar-refractivity contribution in [1.29, 1.82) is 0 Å². The number of nitrogens with zero attached hydrogens (tertiary/aromatic N) is 1. The Morgan fingerprint density at radius 2 is 2.13 bits per heavy atom. The molecule has 0 spiro atoms. The zero-order chi connectivity index (χ0) is 11.3. The number of nitrogens with two attached hydrogens (primary N) is 1. The highest BCUT2D eigenvalue weighted by atomic mass is 16.5. The highest BCUT2D eigenvalue weighted by Crippen LogP contribution is 2.24. The van der Waals surface area contributed by atoms with Crippen LogP contribution in [0.25, 0.3) is 0 Å². The predicted molar refractivity (Wildman–Crippen MR) is 55.0 cm³/mol. The lowest BCUT2D eigenvalue weighted by molar-refractivity contribution is -0.151. The van der Waals surface area contributed by atoms with Gasteiger partial charge in [0.05, 0.1) is 13.2 Å². The van der Waals surface area contributed by atoms with Crippen molar-refractivity contribution in [2.75, 3.05) is 19.7 Å². The largest absolute Gasteiger partial charge is 0.465 e. The summed E-state index contributed by atoms with van der Waals surface area (Å²) < 4.78 is 4.81. The average Bonchev–Trinajstić information content (AvgIpc) is 2.13. The van der Waals surface area contributed by atoms with E-state index >= 15 is 0 Å². The molecule has 1 aliphatic carbocycles. The Labute approximate surface area is 89.6 Å². The van der Waals surface area contributed by atoms with Gasteiger partial charge in [0.2, 0.25) is 5.91 Å². The summed E-state index contributed by atoms with van der Waals surface area (Å²) in [6.07, 6.45) is 3.04. The molecule has 5 nitrogen and oxygen atoms in total. The van der Waals surface area contributed by atoms with Crippen LogP contribution in [0.4, 0.5) is 0 Å². The summed E-state index contributed by atoms with van der Waals surface area (Å²) in [5.74, 6) is -0.529. The number of carbonyl (C=O) groups is 2. The molecule has 0 bridgehead atoms. The number of hydrogen-bond donors (Lipinski definition) is 1. The third-order valence-corrected chi connectivity index (χ3v) is 2.62. The van der Waals surface area contributed by atoms with Gasteiger partial charge in [0, 0.05) is 6.04 Å². The van der Waals surface area contributed by atoms with E-state index in [0.717, 1.165) is 19.3 Å². The van der Waals surface area contributed by atoms with Crippen LogP contribution >= 0.6 is 0 Å². The van der Waals surface area contributed by atoms with Gasteiger partial charge < -0.3 is 15.4 Å². The summed E-state index contributed by atoms with van der Waals surface area (Å²) in [6.45, 7) is 2.08. The zero-order valence-electron chi connectivity index (χ0n) is 9.07. The van der Waals surface area contributed by atoms with Crippen LogP contribution in [0.5, 0.6) is 0 Å². The SMILES string of the molecule is CCOC(=O)CN(C(=O)CN)C1CCC1. The predicted octanol–water partition coefficient (Wildman–Crippen LogP) is -0.111. The summed E-state index contributed by atoms with van der Waals surface area (Å²) >= 11 is 0. The fraction of sp³-hybridized carbons (Fsp3) is 0.800. The van der Waals surface area contributed by atoms with Crippen LogP contribution in [0.2, 0.25) is 0 Å². The van der Waals surface area contributed by atoms with Crippen molar-refractivity contribution >= 4 is 11.9 Å². The normalized spacial score (nSPS) is 15.6. The maximum atomic E-state index is 11.5. The van der Waals surface area contributed by atoms with Crippen molar-refractivity contribution in [3.63, 3.8) is 0 Å². The first-order valence-electron chi connectivity index (χ1n) is 5.34. The van der Waals surface area contributed by atoms with Crippen molar-refractivity contribution in [3.8, 4) is 0 Å². The molecule has 0 radical (unpaired) electrons. The van der Waals surface area contributed by atoms with Gasteiger partial charge >= 0.3 is 5.97 Å². The lowest BCUT2D eigenvalue weighted by atomic mass is 9.91. The first kappa shape index (κ1) is 12.0. The maximum absolute atomic E-state index is 11.5. The number of rotatable bonds is 5. The zero-order valence-corrected chi connectivity index (χ0v) is 9.07. The van der Waals surface area contributed by atoms with Gasteiger partial charge in [-0.2, -0.15) is 0 Å². The van der Waals surface area contributed by atoms with Gasteiger partial charge in [-0.15, -0.1) is 0 Å². The van der Waals surface area contributed by atoms with Gasteiger partial charge in [-0.25, -0.2) is 0 Å². The Balaban J connectivity index is 2.48. The molecule has 0 aliphatic heterocycles. The van der Waals surface area contributed by atoms with E-state index in [1.165, 1.54) is 0 Å². The topological polar surface area (TPSA) is 72.6 Å². The molecule has 1 fully saturated rings. The van der Waals surface area contributed by atoms with Gasteiger partial charge in [-0.05, 0) is 26.2 Å². The molecule has 0 saturated heterocycles. The number of carbonyl (C=O) groups excluding carboxylic acids is 2. The van der Waals surface area contributed by atoms with Crippen molar-refractivity contribution in [3.05, 3.63) is 0 Å². The molecule has 1 amide bonds. The minimum Gasteiger partial charge on any atom is -0.465 e. The van der Waals surface area contributed by atoms with E-state index < -0.39 is 0 Å². The van der Waals surface area contributed by atoms with Gasteiger partial charge in [-0.1, -0.05) is 0 Å². The molecule has 2 N–H and O–H groups in total. The van der Waals surface area contributed by atoms with E-state index in [4.69, 9.17) is 10.5 Å². The Morgan fingerprint density at radius 1 is 1.47 bits per heavy atom. The number of ether oxygens (including phenoxy) is 1. The Kier molecular flexibility index (Phi) is 4.55. The van der Waals surface area contributed by atoms with E-state index in [1.54, 1.807) is 11.8 Å². The van der Waals surface area contributed by atoms with E-state index in [-0.39, 0.29) is 31.0 Å². The molecular weight excluding hydrogens is 196 g/mol. The van der Waals surface area contributed by atoms with Crippen LogP contribution in [0, 0.1) is 0 Å². The maximum Gasteiger partial charge on any atom is 0.325 e. The Morgan fingerprint density at radius 3 is 2.53 bits per heavy atom. The minimum atomic E-state index is -0.355. The summed E-state index contributed by atoms with van der Waals surface area (Å²) in [5.41, 5.74) is 5.30. The second-order valence-corrected chi connectivity index (χ2v) is 3.62. The Hall–Kier alpha value is -1.10. The summed E-state index contributed by atoms with van der Waals surface area (Å²) in [6, 6.07) is 0.186. The molecule has 0 aromatic carbocycles. The van der Waals surface area contributed by atoms with Crippen LogP contribution in [0.15, 0.2) is 0 Å². The first-order chi connectivity index (χ1) is 7.19. The van der Waals surface area contributed by atoms with E-state index in [9.17, 15) is 9.59 Å². The van der Waals surface area contributed by atoms with Crippen LogP contribution < -0.4 is 5.73 Å². The van der Waals surface area contributed by atoms with E-state index in [0.29, 0.717) is 6.61 Å². The van der Waals surface area contributed by atoms with E-state index in [2.05, 4.69) is 0 Å². The van der Waals surface area contributed by atoms with E-state index in [1.807, 2.05) is 0 Å². The Bertz CT molecular complexity index is 239. The fourth-order valence-corrected chi connectivity index (χ4v) is 1.58. The van der Waals surface area contributed by atoms with Crippen LogP contribution in [-0.4, -0.2) is 42.5 Å². The second kappa shape index (κ2) is 5.70. The molecule has 0 unspecified atom stereocenters. The molecule has 15 heavy (non-hydrogen) atoms. The minimum absolute atomic E-state index is 0.0362. The average molecular weight is 214 g/mol. The van der Waals surface area contributed by atoms with Gasteiger partial charge in [0.1, 0.15) is 6.54 Å². The third-order valence-electron chi connectivity index (χ3n) is 2.62. The lowest BCUT2D eigenvalue weighted by Gasteiger charge is -2.36. The van der Waals surface area contributed by atoms with Crippen molar-refractivity contribution in [2.24, 2.45) is 5.73 Å². The van der Waals surface area contributed by atoms with Crippen molar-refractivity contribution < 1.29 is 14.3 Å². The fourth-order valence-electron chi connectivity index (χ4n) is 1.58. The highest BCUT2D eigenvalue weighted by Gasteiger charge is 2.29. The molecular formula is C10H18N2O3. The summed E-state index contributed by atoms with van der Waals surface area (Å²) in [4.78, 5) is 24.3. The van der Waals surface area contributed by atoms with Crippen LogP contribution in [0.1, 0.15) is 26.2 Å². The molecule has 1 saturated carbocycles. The third kappa shape index (κ3) is 3.20. The molecule has 5 heteroatoms. The number of amides is 1. The monoisotopic (exact) mass is 214 g/mol.